The molecule has 4 nitrogen and oxygen atoms in total. The van der Waals surface area contributed by atoms with Crippen molar-refractivity contribution in [2.75, 3.05) is 0 Å². The first-order chi connectivity index (χ1) is 6.70. The fourth-order valence-corrected chi connectivity index (χ4v) is 1.41. The van der Waals surface area contributed by atoms with Crippen LogP contribution in [0, 0.1) is 0 Å². The van der Waals surface area contributed by atoms with Crippen LogP contribution in [0.5, 0.6) is 0 Å². The van der Waals surface area contributed by atoms with Gasteiger partial charge in [0.15, 0.2) is 0 Å². The van der Waals surface area contributed by atoms with Crippen molar-refractivity contribution in [1.29, 1.82) is 0 Å². The van der Waals surface area contributed by atoms with E-state index in [0.717, 1.165) is 0 Å². The van der Waals surface area contributed by atoms with E-state index in [-0.39, 0.29) is 18.0 Å². The Hall–Kier alpha value is -1.39. The number of fused-ring (bicyclic) bond motifs is 1. The van der Waals surface area contributed by atoms with Gasteiger partial charge in [0.1, 0.15) is 12.4 Å². The molecule has 1 aromatic carbocycles. The predicted molar refractivity (Wildman–Crippen MR) is 53.3 cm³/mol. The summed E-state index contributed by atoms with van der Waals surface area (Å²) in [6.45, 7) is -0.284. The minimum absolute atomic E-state index is 0.254. The molecular formula is C9H7ClN2O2. The van der Waals surface area contributed by atoms with Gasteiger partial charge in [-0.3, -0.25) is 4.79 Å². The van der Waals surface area contributed by atoms with Crippen LogP contribution in [0.25, 0.3) is 10.9 Å². The highest BCUT2D eigenvalue weighted by atomic mass is 35.5. The van der Waals surface area contributed by atoms with Gasteiger partial charge >= 0.3 is 0 Å². The van der Waals surface area contributed by atoms with E-state index in [9.17, 15) is 4.79 Å². The minimum Gasteiger partial charge on any atom is -0.388 e. The van der Waals surface area contributed by atoms with E-state index in [1.165, 1.54) is 0 Å². The Labute approximate surface area is 84.2 Å². The number of benzene rings is 1. The SMILES string of the molecule is O=c1[nH]c(CO)nc2ccc(Cl)cc12. The van der Waals surface area contributed by atoms with Gasteiger partial charge in [-0.2, -0.15) is 0 Å². The molecule has 0 fully saturated rings. The van der Waals surface area contributed by atoms with E-state index in [2.05, 4.69) is 9.97 Å². The van der Waals surface area contributed by atoms with Gasteiger partial charge in [-0.05, 0) is 18.2 Å². The number of H-pyrrole nitrogens is 1. The molecule has 0 unspecified atom stereocenters. The van der Waals surface area contributed by atoms with Crippen LogP contribution in [0.2, 0.25) is 5.02 Å². The van der Waals surface area contributed by atoms with E-state index >= 15 is 0 Å². The van der Waals surface area contributed by atoms with Gasteiger partial charge < -0.3 is 10.1 Å². The molecule has 0 aliphatic heterocycles. The van der Waals surface area contributed by atoms with Crippen LogP contribution in [0.4, 0.5) is 0 Å². The van der Waals surface area contributed by atoms with Crippen molar-refractivity contribution < 1.29 is 5.11 Å². The van der Waals surface area contributed by atoms with Gasteiger partial charge in [-0.1, -0.05) is 11.6 Å². The maximum absolute atomic E-state index is 11.4. The Bertz CT molecular complexity index is 536. The zero-order valence-corrected chi connectivity index (χ0v) is 7.88. The van der Waals surface area contributed by atoms with Crippen LogP contribution in [-0.4, -0.2) is 15.1 Å². The summed E-state index contributed by atoms with van der Waals surface area (Å²) in [6, 6.07) is 4.84. The van der Waals surface area contributed by atoms with E-state index in [4.69, 9.17) is 16.7 Å². The zero-order chi connectivity index (χ0) is 10.1. The first kappa shape index (κ1) is 9.18. The molecule has 2 N–H and O–H groups in total. The highest BCUT2D eigenvalue weighted by Gasteiger charge is 2.02. The molecule has 0 atom stereocenters. The summed E-state index contributed by atoms with van der Waals surface area (Å²) >= 11 is 5.73. The third-order valence-electron chi connectivity index (χ3n) is 1.87. The van der Waals surface area contributed by atoms with Crippen molar-refractivity contribution >= 4 is 22.5 Å². The Morgan fingerprint density at radius 1 is 1.50 bits per heavy atom. The quantitative estimate of drug-likeness (QED) is 0.740. The standard InChI is InChI=1S/C9H7ClN2O2/c10-5-1-2-7-6(3-5)9(14)12-8(4-13)11-7/h1-3,13H,4H2,(H,11,12,14). The molecule has 0 radical (unpaired) electrons. The van der Waals surface area contributed by atoms with Crippen molar-refractivity contribution in [1.82, 2.24) is 9.97 Å². The van der Waals surface area contributed by atoms with Gasteiger partial charge in [0.2, 0.25) is 0 Å². The first-order valence-electron chi connectivity index (χ1n) is 4.00. The predicted octanol–water partition coefficient (Wildman–Crippen LogP) is 1.07. The highest BCUT2D eigenvalue weighted by molar-refractivity contribution is 6.31. The molecule has 1 heterocycles. The monoisotopic (exact) mass is 210 g/mol. The van der Waals surface area contributed by atoms with Crippen LogP contribution in [-0.2, 0) is 6.61 Å². The fraction of sp³-hybridized carbons (Fsp3) is 0.111. The lowest BCUT2D eigenvalue weighted by Gasteiger charge is -1.99. The molecule has 72 valence electrons. The molecule has 5 heteroatoms. The maximum atomic E-state index is 11.4. The first-order valence-corrected chi connectivity index (χ1v) is 4.38. The Morgan fingerprint density at radius 3 is 3.00 bits per heavy atom. The third kappa shape index (κ3) is 1.49. The molecule has 0 saturated carbocycles. The molecule has 0 bridgehead atoms. The summed E-state index contributed by atoms with van der Waals surface area (Å²) in [5.74, 6) is 0.254. The minimum atomic E-state index is -0.290. The second-order valence-corrected chi connectivity index (χ2v) is 3.27. The van der Waals surface area contributed by atoms with Crippen molar-refractivity contribution in [3.8, 4) is 0 Å². The average Bonchev–Trinajstić information content (AvgIpc) is 2.19. The highest BCUT2D eigenvalue weighted by Crippen LogP contribution is 2.14. The van der Waals surface area contributed by atoms with Gasteiger partial charge in [0, 0.05) is 5.02 Å². The van der Waals surface area contributed by atoms with Gasteiger partial charge in [-0.15, -0.1) is 0 Å². The fourth-order valence-electron chi connectivity index (χ4n) is 1.23. The molecule has 0 amide bonds. The summed E-state index contributed by atoms with van der Waals surface area (Å²) in [4.78, 5) is 17.9. The van der Waals surface area contributed by atoms with E-state index in [1.54, 1.807) is 18.2 Å². The number of nitrogens with zero attached hydrogens (tertiary/aromatic N) is 1. The molecule has 2 aromatic rings. The molecular weight excluding hydrogens is 204 g/mol. The molecule has 0 aliphatic carbocycles. The number of rotatable bonds is 1. The third-order valence-corrected chi connectivity index (χ3v) is 2.10. The van der Waals surface area contributed by atoms with Crippen molar-refractivity contribution in [2.45, 2.75) is 6.61 Å². The summed E-state index contributed by atoms with van der Waals surface area (Å²) in [5.41, 5.74) is 0.240. The molecule has 1 aromatic heterocycles. The summed E-state index contributed by atoms with van der Waals surface area (Å²) in [7, 11) is 0. The Balaban J connectivity index is 2.83. The van der Waals surface area contributed by atoms with Crippen LogP contribution < -0.4 is 5.56 Å². The Kier molecular flexibility index (Phi) is 2.23. The lowest BCUT2D eigenvalue weighted by molar-refractivity contribution is 0.271. The van der Waals surface area contributed by atoms with Crippen molar-refractivity contribution in [2.24, 2.45) is 0 Å². The molecule has 14 heavy (non-hydrogen) atoms. The van der Waals surface area contributed by atoms with Gasteiger partial charge in [0.25, 0.3) is 5.56 Å². The summed E-state index contributed by atoms with van der Waals surface area (Å²) in [6.07, 6.45) is 0. The Morgan fingerprint density at radius 2 is 2.29 bits per heavy atom. The number of halogens is 1. The average molecular weight is 211 g/mol. The van der Waals surface area contributed by atoms with E-state index < -0.39 is 0 Å². The molecule has 0 saturated heterocycles. The molecule has 0 spiro atoms. The number of aromatic nitrogens is 2. The largest absolute Gasteiger partial charge is 0.388 e. The zero-order valence-electron chi connectivity index (χ0n) is 7.12. The maximum Gasteiger partial charge on any atom is 0.258 e. The summed E-state index contributed by atoms with van der Waals surface area (Å²) in [5, 5.41) is 9.73. The number of aromatic amines is 1. The number of hydrogen-bond acceptors (Lipinski definition) is 3. The number of nitrogens with one attached hydrogen (secondary N) is 1. The van der Waals surface area contributed by atoms with Gasteiger partial charge in [0.05, 0.1) is 10.9 Å². The number of aliphatic hydroxyl groups is 1. The van der Waals surface area contributed by atoms with Gasteiger partial charge in [-0.25, -0.2) is 4.98 Å². The smallest absolute Gasteiger partial charge is 0.258 e. The van der Waals surface area contributed by atoms with Crippen LogP contribution in [0.1, 0.15) is 5.82 Å². The second kappa shape index (κ2) is 3.40. The molecule has 0 aliphatic rings. The normalized spacial score (nSPS) is 10.7. The summed E-state index contributed by atoms with van der Waals surface area (Å²) < 4.78 is 0. The van der Waals surface area contributed by atoms with Crippen LogP contribution >= 0.6 is 11.6 Å². The topological polar surface area (TPSA) is 66.0 Å². The van der Waals surface area contributed by atoms with Crippen LogP contribution in [0.15, 0.2) is 23.0 Å². The number of aliphatic hydroxyl groups excluding tert-OH is 1. The van der Waals surface area contributed by atoms with E-state index in [1.807, 2.05) is 0 Å². The molecule has 2 rings (SSSR count). The second-order valence-electron chi connectivity index (χ2n) is 2.83. The van der Waals surface area contributed by atoms with Crippen molar-refractivity contribution in [3.05, 3.63) is 39.4 Å². The lowest BCUT2D eigenvalue weighted by atomic mass is 10.2. The van der Waals surface area contributed by atoms with E-state index in [0.29, 0.717) is 15.9 Å². The van der Waals surface area contributed by atoms with Crippen LogP contribution in [0.3, 0.4) is 0 Å². The lowest BCUT2D eigenvalue weighted by Crippen LogP contribution is -2.11. The van der Waals surface area contributed by atoms with Crippen molar-refractivity contribution in [3.63, 3.8) is 0 Å². The number of hydrogen-bond donors (Lipinski definition) is 2.